The second-order valence-electron chi connectivity index (χ2n) is 10.1. The van der Waals surface area contributed by atoms with E-state index in [2.05, 4.69) is 10.2 Å². The predicted molar refractivity (Wildman–Crippen MR) is 169 cm³/mol. The minimum absolute atomic E-state index is 0.242. The number of furan rings is 1. The molecule has 0 fully saturated rings. The van der Waals surface area contributed by atoms with Crippen molar-refractivity contribution in [3.63, 3.8) is 0 Å². The highest BCUT2D eigenvalue weighted by atomic mass is 16.6. The van der Waals surface area contributed by atoms with E-state index in [0.717, 1.165) is 27.9 Å². The highest BCUT2D eigenvalue weighted by molar-refractivity contribution is 6.13. The van der Waals surface area contributed by atoms with Gasteiger partial charge in [-0.05, 0) is 37.6 Å². The van der Waals surface area contributed by atoms with Crippen molar-refractivity contribution in [1.29, 1.82) is 0 Å². The first-order chi connectivity index (χ1) is 20.4. The van der Waals surface area contributed by atoms with Gasteiger partial charge in [0, 0.05) is 55.5 Å². The molecular weight excluding hydrogens is 526 g/mol. The van der Waals surface area contributed by atoms with Gasteiger partial charge in [0.15, 0.2) is 0 Å². The first kappa shape index (κ1) is 28.5. The van der Waals surface area contributed by atoms with Gasteiger partial charge in [0.05, 0.1) is 17.9 Å². The van der Waals surface area contributed by atoms with E-state index in [1.54, 1.807) is 18.9 Å². The number of benzene rings is 4. The summed E-state index contributed by atoms with van der Waals surface area (Å²) in [5.74, 6) is 0.231. The molecule has 0 atom stereocenters. The number of para-hydroxylation sites is 1. The lowest BCUT2D eigenvalue weighted by atomic mass is 9.97. The third kappa shape index (κ3) is 5.86. The topological polar surface area (TPSA) is 75.0 Å². The van der Waals surface area contributed by atoms with Crippen LogP contribution in [0.3, 0.4) is 0 Å². The summed E-state index contributed by atoms with van der Waals surface area (Å²) in [6.07, 6.45) is -0.452. The van der Waals surface area contributed by atoms with Gasteiger partial charge in [0.1, 0.15) is 11.3 Å². The Morgan fingerprint density at radius 1 is 0.857 bits per heavy atom. The number of hydrogen-bond donors (Lipinski definition) is 1. The zero-order chi connectivity index (χ0) is 29.6. The number of hydrogen-bond acceptors (Lipinski definition) is 5. The largest absolute Gasteiger partial charge is 0.455 e. The number of likely N-dealkylation sites (N-methyl/N-ethyl adjacent to an activating group) is 1. The van der Waals surface area contributed by atoms with Crippen LogP contribution >= 0.6 is 0 Å². The van der Waals surface area contributed by atoms with E-state index >= 15 is 0 Å². The number of carbonyl (C=O) groups excluding carboxylic acids is 2. The van der Waals surface area contributed by atoms with Crippen LogP contribution in [0, 0.1) is 6.92 Å². The number of ether oxygens (including phenoxy) is 1. The van der Waals surface area contributed by atoms with Gasteiger partial charge in [-0.15, -0.1) is 0 Å². The van der Waals surface area contributed by atoms with Crippen molar-refractivity contribution in [2.75, 3.05) is 43.6 Å². The van der Waals surface area contributed by atoms with E-state index in [0.29, 0.717) is 41.1 Å². The summed E-state index contributed by atoms with van der Waals surface area (Å²) in [5.41, 5.74) is 6.24. The van der Waals surface area contributed by atoms with Crippen molar-refractivity contribution >= 4 is 34.3 Å². The Kier molecular flexibility index (Phi) is 8.58. The molecule has 7 nitrogen and oxygen atoms in total. The van der Waals surface area contributed by atoms with Crippen molar-refractivity contribution in [2.45, 2.75) is 13.8 Å². The van der Waals surface area contributed by atoms with Crippen LogP contribution in [0.15, 0.2) is 101 Å². The minimum Gasteiger partial charge on any atom is -0.455 e. The van der Waals surface area contributed by atoms with Gasteiger partial charge in [-0.3, -0.25) is 9.69 Å². The molecule has 0 aliphatic heterocycles. The highest BCUT2D eigenvalue weighted by Crippen LogP contribution is 2.41. The van der Waals surface area contributed by atoms with Crippen molar-refractivity contribution in [3.05, 3.63) is 108 Å². The molecular formula is C35H35N3O4. The fourth-order valence-corrected chi connectivity index (χ4v) is 5.04. The third-order valence-electron chi connectivity index (χ3n) is 7.29. The second kappa shape index (κ2) is 12.6. The van der Waals surface area contributed by atoms with Crippen molar-refractivity contribution in [2.24, 2.45) is 0 Å². The smallest absolute Gasteiger partial charge is 0.414 e. The minimum atomic E-state index is -0.452. The lowest BCUT2D eigenvalue weighted by molar-refractivity contribution is 0.0964. The lowest BCUT2D eigenvalue weighted by Crippen LogP contribution is -2.38. The first-order valence-corrected chi connectivity index (χ1v) is 14.1. The molecule has 0 saturated carbocycles. The fourth-order valence-electron chi connectivity index (χ4n) is 5.04. The highest BCUT2D eigenvalue weighted by Gasteiger charge is 2.27. The van der Waals surface area contributed by atoms with Crippen LogP contribution in [0.25, 0.3) is 33.4 Å². The number of nitrogens with one attached hydrogen (secondary N) is 1. The van der Waals surface area contributed by atoms with Crippen LogP contribution in [-0.4, -0.2) is 45.8 Å². The van der Waals surface area contributed by atoms with Crippen molar-refractivity contribution in [3.8, 4) is 22.5 Å². The molecule has 1 N–H and O–H groups in total. The number of rotatable bonds is 9. The molecule has 1 aromatic heterocycles. The number of anilines is 2. The average molecular weight is 562 g/mol. The summed E-state index contributed by atoms with van der Waals surface area (Å²) in [6.45, 7) is 4.98. The molecule has 0 aliphatic carbocycles. The van der Waals surface area contributed by atoms with Crippen LogP contribution in [0.1, 0.15) is 22.8 Å². The quantitative estimate of drug-likeness (QED) is 0.201. The molecule has 2 amide bonds. The van der Waals surface area contributed by atoms with Crippen LogP contribution in [0.2, 0.25) is 0 Å². The molecule has 4 aromatic carbocycles. The third-order valence-corrected chi connectivity index (χ3v) is 7.29. The summed E-state index contributed by atoms with van der Waals surface area (Å²) < 4.78 is 12.0. The van der Waals surface area contributed by atoms with Gasteiger partial charge in [-0.25, -0.2) is 4.79 Å². The summed E-state index contributed by atoms with van der Waals surface area (Å²) in [6, 6.07) is 31.5. The van der Waals surface area contributed by atoms with E-state index < -0.39 is 6.09 Å². The number of amides is 2. The Bertz CT molecular complexity index is 1680. The number of fused-ring (bicyclic) bond motifs is 1. The van der Waals surface area contributed by atoms with E-state index in [1.165, 1.54) is 0 Å². The number of nitrogens with zero attached hydrogens (tertiary/aromatic N) is 2. The molecule has 0 spiro atoms. The van der Waals surface area contributed by atoms with Gasteiger partial charge in [-0.2, -0.15) is 0 Å². The predicted octanol–water partition coefficient (Wildman–Crippen LogP) is 7.53. The zero-order valence-corrected chi connectivity index (χ0v) is 24.4. The second-order valence-corrected chi connectivity index (χ2v) is 10.1. The van der Waals surface area contributed by atoms with Gasteiger partial charge in [0.25, 0.3) is 5.91 Å². The fraction of sp³-hybridized carbons (Fsp3) is 0.200. The molecule has 5 aromatic rings. The summed E-state index contributed by atoms with van der Waals surface area (Å²) in [7, 11) is 3.61. The summed E-state index contributed by atoms with van der Waals surface area (Å²) in [5, 5.41) is 3.44. The molecule has 0 unspecified atom stereocenters. The van der Waals surface area contributed by atoms with E-state index in [4.69, 9.17) is 9.15 Å². The van der Waals surface area contributed by atoms with Crippen LogP contribution in [0.5, 0.6) is 0 Å². The van der Waals surface area contributed by atoms with Crippen LogP contribution in [-0.2, 0) is 4.74 Å². The standard InChI is InChI=1S/C35H35N3O4/c1-5-41-35(40)38(21-20-37(4)27-14-10-7-11-15-27)30-23-31-29(22-28(30)25-12-8-6-9-13-25)32(34(39)36-3)33(42-31)26-18-16-24(2)17-19-26/h6-19,22-23H,5,20-21H2,1-4H3,(H,36,39). The van der Waals surface area contributed by atoms with E-state index in [1.807, 2.05) is 111 Å². The Morgan fingerprint density at radius 2 is 1.52 bits per heavy atom. The average Bonchev–Trinajstić information content (AvgIpc) is 3.40. The maximum atomic E-state index is 13.5. The molecule has 214 valence electrons. The van der Waals surface area contributed by atoms with Crippen molar-refractivity contribution in [1.82, 2.24) is 5.32 Å². The molecule has 7 heteroatoms. The van der Waals surface area contributed by atoms with Crippen molar-refractivity contribution < 1.29 is 18.7 Å². The van der Waals surface area contributed by atoms with Gasteiger partial charge < -0.3 is 19.4 Å². The van der Waals surface area contributed by atoms with Gasteiger partial charge >= 0.3 is 6.09 Å². The molecule has 0 radical (unpaired) electrons. The maximum absolute atomic E-state index is 13.5. The lowest BCUT2D eigenvalue weighted by Gasteiger charge is -2.28. The Hall–Kier alpha value is -5.04. The normalized spacial score (nSPS) is 10.9. The summed E-state index contributed by atoms with van der Waals surface area (Å²) >= 11 is 0. The monoisotopic (exact) mass is 561 g/mol. The van der Waals surface area contributed by atoms with E-state index in [-0.39, 0.29) is 12.5 Å². The molecule has 0 bridgehead atoms. The molecule has 0 saturated heterocycles. The first-order valence-electron chi connectivity index (χ1n) is 14.1. The number of carbonyl (C=O) groups is 2. The van der Waals surface area contributed by atoms with Gasteiger partial charge in [0.2, 0.25) is 0 Å². The summed E-state index contributed by atoms with van der Waals surface area (Å²) in [4.78, 5) is 30.5. The van der Waals surface area contributed by atoms with Gasteiger partial charge in [-0.1, -0.05) is 78.4 Å². The molecule has 1 heterocycles. The zero-order valence-electron chi connectivity index (χ0n) is 24.4. The SMILES string of the molecule is CCOC(=O)N(CCN(C)c1ccccc1)c1cc2oc(-c3ccc(C)cc3)c(C(=O)NC)c2cc1-c1ccccc1. The Morgan fingerprint density at radius 3 is 2.17 bits per heavy atom. The van der Waals surface area contributed by atoms with Crippen LogP contribution in [0.4, 0.5) is 16.2 Å². The van der Waals surface area contributed by atoms with Crippen LogP contribution < -0.4 is 15.1 Å². The van der Waals surface area contributed by atoms with E-state index in [9.17, 15) is 9.59 Å². The maximum Gasteiger partial charge on any atom is 0.414 e. The Labute approximate surface area is 246 Å². The molecule has 42 heavy (non-hydrogen) atoms. The molecule has 0 aliphatic rings. The molecule has 5 rings (SSSR count). The Balaban J connectivity index is 1.69. The number of aryl methyl sites for hydroxylation is 1.